The van der Waals surface area contributed by atoms with E-state index in [9.17, 15) is 5.11 Å². The molecule has 3 heteroatoms. The first kappa shape index (κ1) is 9.46. The molecule has 3 nitrogen and oxygen atoms in total. The van der Waals surface area contributed by atoms with Gasteiger partial charge in [0.15, 0.2) is 0 Å². The van der Waals surface area contributed by atoms with Crippen molar-refractivity contribution in [3.63, 3.8) is 0 Å². The topological polar surface area (TPSA) is 42.4 Å². The van der Waals surface area contributed by atoms with E-state index in [1.54, 1.807) is 6.20 Å². The van der Waals surface area contributed by atoms with E-state index in [1.807, 2.05) is 18.2 Å². The van der Waals surface area contributed by atoms with Crippen LogP contribution in [-0.2, 0) is 0 Å². The summed E-state index contributed by atoms with van der Waals surface area (Å²) in [6, 6.07) is 5.62. The van der Waals surface area contributed by atoms with Crippen LogP contribution < -0.4 is 4.74 Å². The minimum Gasteiger partial charge on any atom is -0.474 e. The van der Waals surface area contributed by atoms with Crippen LogP contribution in [0, 0.1) is 0 Å². The third kappa shape index (κ3) is 2.45. The molecule has 1 aromatic rings. The fourth-order valence-corrected chi connectivity index (χ4v) is 1.81. The van der Waals surface area contributed by atoms with Crippen molar-refractivity contribution in [1.29, 1.82) is 0 Å². The molecule has 1 saturated carbocycles. The van der Waals surface area contributed by atoms with Gasteiger partial charge in [-0.2, -0.15) is 0 Å². The van der Waals surface area contributed by atoms with Gasteiger partial charge in [-0.1, -0.05) is 6.07 Å². The van der Waals surface area contributed by atoms with Crippen LogP contribution in [0.1, 0.15) is 25.7 Å². The van der Waals surface area contributed by atoms with Gasteiger partial charge in [-0.15, -0.1) is 0 Å². The molecule has 0 aliphatic heterocycles. The summed E-state index contributed by atoms with van der Waals surface area (Å²) in [4.78, 5) is 4.09. The summed E-state index contributed by atoms with van der Waals surface area (Å²) in [6.07, 6.45) is 5.35. The van der Waals surface area contributed by atoms with Gasteiger partial charge in [0.05, 0.1) is 6.10 Å². The van der Waals surface area contributed by atoms with E-state index in [1.165, 1.54) is 0 Å². The third-order valence-corrected chi connectivity index (χ3v) is 2.52. The summed E-state index contributed by atoms with van der Waals surface area (Å²) in [5.74, 6) is 0.659. The van der Waals surface area contributed by atoms with Crippen molar-refractivity contribution in [2.75, 3.05) is 0 Å². The molecule has 1 fully saturated rings. The van der Waals surface area contributed by atoms with Crippen molar-refractivity contribution >= 4 is 0 Å². The molecular formula is C11H15NO2. The Morgan fingerprint density at radius 1 is 1.36 bits per heavy atom. The molecule has 1 heterocycles. The standard InChI is InChI=1S/C11H15NO2/c13-9-4-3-5-10(8-9)14-11-6-1-2-7-12-11/h1-2,6-7,9-10,13H,3-5,8H2. The molecule has 1 N–H and O–H groups in total. The minimum absolute atomic E-state index is 0.133. The first-order chi connectivity index (χ1) is 6.84. The van der Waals surface area contributed by atoms with E-state index >= 15 is 0 Å². The molecule has 0 radical (unpaired) electrons. The lowest BCUT2D eigenvalue weighted by molar-refractivity contribution is 0.0514. The number of hydrogen-bond acceptors (Lipinski definition) is 3. The second kappa shape index (κ2) is 4.42. The molecule has 2 atom stereocenters. The van der Waals surface area contributed by atoms with E-state index in [0.717, 1.165) is 25.7 Å². The summed E-state index contributed by atoms with van der Waals surface area (Å²) < 4.78 is 5.65. The van der Waals surface area contributed by atoms with E-state index in [0.29, 0.717) is 5.88 Å². The van der Waals surface area contributed by atoms with Crippen LogP contribution in [0.2, 0.25) is 0 Å². The highest BCUT2D eigenvalue weighted by molar-refractivity contribution is 5.09. The first-order valence-corrected chi connectivity index (χ1v) is 5.10. The van der Waals surface area contributed by atoms with Crippen molar-refractivity contribution in [1.82, 2.24) is 4.98 Å². The molecule has 0 bridgehead atoms. The number of rotatable bonds is 2. The maximum absolute atomic E-state index is 9.46. The summed E-state index contributed by atoms with van der Waals surface area (Å²) in [6.45, 7) is 0. The number of pyridine rings is 1. The van der Waals surface area contributed by atoms with Crippen molar-refractivity contribution in [3.8, 4) is 5.88 Å². The van der Waals surface area contributed by atoms with Gasteiger partial charge in [-0.3, -0.25) is 0 Å². The van der Waals surface area contributed by atoms with E-state index < -0.39 is 0 Å². The van der Waals surface area contributed by atoms with Gasteiger partial charge in [0, 0.05) is 18.7 Å². The molecule has 2 unspecified atom stereocenters. The number of nitrogens with zero attached hydrogens (tertiary/aromatic N) is 1. The smallest absolute Gasteiger partial charge is 0.213 e. The molecule has 0 spiro atoms. The number of ether oxygens (including phenoxy) is 1. The Morgan fingerprint density at radius 3 is 3.00 bits per heavy atom. The molecule has 0 aromatic carbocycles. The Bertz CT molecular complexity index is 276. The molecule has 0 amide bonds. The van der Waals surface area contributed by atoms with Gasteiger partial charge in [0.2, 0.25) is 5.88 Å². The molecule has 1 aromatic heterocycles. The van der Waals surface area contributed by atoms with Crippen molar-refractivity contribution < 1.29 is 9.84 Å². The Hall–Kier alpha value is -1.09. The quantitative estimate of drug-likeness (QED) is 0.778. The van der Waals surface area contributed by atoms with Crippen LogP contribution >= 0.6 is 0 Å². The highest BCUT2D eigenvalue weighted by Crippen LogP contribution is 2.22. The van der Waals surface area contributed by atoms with Crippen LogP contribution in [0.5, 0.6) is 5.88 Å². The van der Waals surface area contributed by atoms with E-state index in [-0.39, 0.29) is 12.2 Å². The maximum Gasteiger partial charge on any atom is 0.213 e. The first-order valence-electron chi connectivity index (χ1n) is 5.10. The average Bonchev–Trinajstić information content (AvgIpc) is 2.19. The molecule has 76 valence electrons. The van der Waals surface area contributed by atoms with Gasteiger partial charge >= 0.3 is 0 Å². The molecule has 14 heavy (non-hydrogen) atoms. The highest BCUT2D eigenvalue weighted by Gasteiger charge is 2.21. The third-order valence-electron chi connectivity index (χ3n) is 2.52. The minimum atomic E-state index is -0.197. The predicted molar refractivity (Wildman–Crippen MR) is 53.1 cm³/mol. The Balaban J connectivity index is 1.91. The zero-order chi connectivity index (χ0) is 9.80. The van der Waals surface area contributed by atoms with Gasteiger partial charge in [-0.25, -0.2) is 4.98 Å². The lowest BCUT2D eigenvalue weighted by Gasteiger charge is -2.25. The second-order valence-corrected chi connectivity index (χ2v) is 3.73. The zero-order valence-electron chi connectivity index (χ0n) is 8.10. The number of aliphatic hydroxyl groups excluding tert-OH is 1. The van der Waals surface area contributed by atoms with Gasteiger partial charge < -0.3 is 9.84 Å². The van der Waals surface area contributed by atoms with Crippen LogP contribution in [0.4, 0.5) is 0 Å². The summed E-state index contributed by atoms with van der Waals surface area (Å²) in [7, 11) is 0. The van der Waals surface area contributed by atoms with Crippen LogP contribution in [0.25, 0.3) is 0 Å². The van der Waals surface area contributed by atoms with E-state index in [4.69, 9.17) is 4.74 Å². The maximum atomic E-state index is 9.46. The Morgan fingerprint density at radius 2 is 2.29 bits per heavy atom. The van der Waals surface area contributed by atoms with Gasteiger partial charge in [-0.05, 0) is 25.3 Å². The van der Waals surface area contributed by atoms with Crippen molar-refractivity contribution in [2.24, 2.45) is 0 Å². The van der Waals surface area contributed by atoms with Crippen LogP contribution in [0.3, 0.4) is 0 Å². The van der Waals surface area contributed by atoms with E-state index in [2.05, 4.69) is 4.98 Å². The lowest BCUT2D eigenvalue weighted by atomic mass is 9.95. The molecular weight excluding hydrogens is 178 g/mol. The normalized spacial score (nSPS) is 27.2. The Kier molecular flexibility index (Phi) is 2.99. The fourth-order valence-electron chi connectivity index (χ4n) is 1.81. The molecule has 2 rings (SSSR count). The van der Waals surface area contributed by atoms with Gasteiger partial charge in [0.1, 0.15) is 6.10 Å². The lowest BCUT2D eigenvalue weighted by Crippen LogP contribution is -2.28. The Labute approximate surface area is 83.7 Å². The van der Waals surface area contributed by atoms with Crippen LogP contribution in [0.15, 0.2) is 24.4 Å². The summed E-state index contributed by atoms with van der Waals surface area (Å²) in [5.41, 5.74) is 0. The average molecular weight is 193 g/mol. The number of aliphatic hydroxyl groups is 1. The predicted octanol–water partition coefficient (Wildman–Crippen LogP) is 1.76. The summed E-state index contributed by atoms with van der Waals surface area (Å²) in [5, 5.41) is 9.46. The largest absolute Gasteiger partial charge is 0.474 e. The fraction of sp³-hybridized carbons (Fsp3) is 0.545. The number of hydrogen-bond donors (Lipinski definition) is 1. The molecule has 0 saturated heterocycles. The van der Waals surface area contributed by atoms with Crippen LogP contribution in [-0.4, -0.2) is 22.3 Å². The summed E-state index contributed by atoms with van der Waals surface area (Å²) >= 11 is 0. The second-order valence-electron chi connectivity index (χ2n) is 3.73. The van der Waals surface area contributed by atoms with Gasteiger partial charge in [0.25, 0.3) is 0 Å². The van der Waals surface area contributed by atoms with Crippen molar-refractivity contribution in [2.45, 2.75) is 37.9 Å². The number of aromatic nitrogens is 1. The zero-order valence-corrected chi connectivity index (χ0v) is 8.10. The SMILES string of the molecule is OC1CCCC(Oc2ccccn2)C1. The molecule has 1 aliphatic carbocycles. The van der Waals surface area contributed by atoms with Crippen molar-refractivity contribution in [3.05, 3.63) is 24.4 Å². The molecule has 1 aliphatic rings. The highest BCUT2D eigenvalue weighted by atomic mass is 16.5. The monoisotopic (exact) mass is 193 g/mol.